The number of halogens is 9. The van der Waals surface area contributed by atoms with Gasteiger partial charge in [-0.3, -0.25) is 9.59 Å². The fraction of sp³-hybridized carbons (Fsp3) is 0.304. The highest BCUT2D eigenvalue weighted by molar-refractivity contribution is 9.10. The molecule has 35 heavy (non-hydrogen) atoms. The summed E-state index contributed by atoms with van der Waals surface area (Å²) in [5.74, 6) is -4.00. The molecule has 0 spiro atoms. The largest absolute Gasteiger partial charge is 0.399 e. The van der Waals surface area contributed by atoms with E-state index in [-0.39, 0.29) is 32.6 Å². The van der Waals surface area contributed by atoms with Gasteiger partial charge in [-0.25, -0.2) is 8.78 Å². The van der Waals surface area contributed by atoms with Crippen molar-refractivity contribution in [3.63, 3.8) is 0 Å². The van der Waals surface area contributed by atoms with Gasteiger partial charge in [0, 0.05) is 22.4 Å². The molecule has 0 aliphatic rings. The van der Waals surface area contributed by atoms with Crippen molar-refractivity contribution in [2.45, 2.75) is 31.9 Å². The lowest BCUT2D eigenvalue weighted by Gasteiger charge is -2.18. The predicted octanol–water partition coefficient (Wildman–Crippen LogP) is 8.36. The number of ketones is 1. The Bertz CT molecular complexity index is 1100. The van der Waals surface area contributed by atoms with Crippen molar-refractivity contribution in [1.29, 1.82) is 0 Å². The first kappa shape index (κ1) is 29.5. The number of benzene rings is 2. The smallest absolute Gasteiger partial charge is 0.350 e. The van der Waals surface area contributed by atoms with E-state index >= 15 is 0 Å². The molecule has 0 fully saturated rings. The van der Waals surface area contributed by atoms with E-state index in [9.17, 15) is 31.5 Å². The molecule has 0 aliphatic heterocycles. The number of amides is 1. The summed E-state index contributed by atoms with van der Waals surface area (Å²) < 4.78 is 65.9. The first-order chi connectivity index (χ1) is 16.2. The second-order valence-corrected chi connectivity index (χ2v) is 9.63. The monoisotopic (exact) mass is 619 g/mol. The van der Waals surface area contributed by atoms with Crippen LogP contribution in [0.2, 0.25) is 15.1 Å². The van der Waals surface area contributed by atoms with Crippen LogP contribution in [0, 0.1) is 5.92 Å². The van der Waals surface area contributed by atoms with Crippen molar-refractivity contribution in [2.75, 3.05) is 6.54 Å². The Kier molecular flexibility index (Phi) is 10.6. The maximum Gasteiger partial charge on any atom is 0.399 e. The van der Waals surface area contributed by atoms with E-state index in [1.54, 1.807) is 0 Å². The van der Waals surface area contributed by atoms with Gasteiger partial charge in [0.05, 0.1) is 27.5 Å². The van der Waals surface area contributed by atoms with Crippen LogP contribution in [0.4, 0.5) is 22.0 Å². The average molecular weight is 622 g/mol. The number of nitrogens with one attached hydrogen (secondary N) is 1. The summed E-state index contributed by atoms with van der Waals surface area (Å²) in [6, 6.07) is 6.46. The average Bonchev–Trinajstić information content (AvgIpc) is 2.74. The van der Waals surface area contributed by atoms with E-state index in [4.69, 9.17) is 34.8 Å². The summed E-state index contributed by atoms with van der Waals surface area (Å²) in [6.45, 7) is 0.617. The quantitative estimate of drug-likeness (QED) is 0.174. The summed E-state index contributed by atoms with van der Waals surface area (Å²) in [5, 5.41) is 1.78. The molecule has 2 rings (SSSR count). The van der Waals surface area contributed by atoms with E-state index in [1.165, 1.54) is 31.2 Å². The molecule has 0 aliphatic carbocycles. The van der Waals surface area contributed by atoms with Crippen molar-refractivity contribution >= 4 is 68.5 Å². The molecule has 0 saturated carbocycles. The van der Waals surface area contributed by atoms with Crippen molar-refractivity contribution in [3.05, 3.63) is 72.6 Å². The van der Waals surface area contributed by atoms with Crippen LogP contribution in [-0.4, -0.2) is 30.8 Å². The second-order valence-electron chi connectivity index (χ2n) is 7.58. The molecule has 12 heteroatoms. The zero-order chi connectivity index (χ0) is 26.5. The Labute approximate surface area is 221 Å². The molecule has 1 N–H and O–H groups in total. The van der Waals surface area contributed by atoms with E-state index in [0.717, 1.165) is 18.2 Å². The highest BCUT2D eigenvalue weighted by atomic mass is 79.9. The maximum absolute atomic E-state index is 13.7. The number of carbonyl (C=O) groups excluding carboxylic acids is 2. The molecule has 190 valence electrons. The molecular weight excluding hydrogens is 604 g/mol. The van der Waals surface area contributed by atoms with Crippen LogP contribution in [0.15, 0.2) is 40.9 Å². The lowest BCUT2D eigenvalue weighted by Crippen LogP contribution is -2.33. The third kappa shape index (κ3) is 8.44. The van der Waals surface area contributed by atoms with Gasteiger partial charge >= 0.3 is 6.18 Å². The van der Waals surface area contributed by atoms with E-state index in [1.807, 2.05) is 5.32 Å². The molecule has 1 amide bonds. The number of hydrogen-bond donors (Lipinski definition) is 1. The minimum Gasteiger partial charge on any atom is -0.350 e. The molecule has 0 heterocycles. The van der Waals surface area contributed by atoms with Crippen LogP contribution in [0.5, 0.6) is 0 Å². The predicted molar refractivity (Wildman–Crippen MR) is 131 cm³/mol. The lowest BCUT2D eigenvalue weighted by atomic mass is 9.96. The third-order valence-electron chi connectivity index (χ3n) is 4.86. The third-order valence-corrected chi connectivity index (χ3v) is 6.72. The molecule has 2 atom stereocenters. The molecule has 2 aromatic rings. The van der Waals surface area contributed by atoms with Gasteiger partial charge in [-0.2, -0.15) is 13.2 Å². The first-order valence-corrected chi connectivity index (χ1v) is 11.9. The van der Waals surface area contributed by atoms with Crippen LogP contribution < -0.4 is 5.32 Å². The van der Waals surface area contributed by atoms with Gasteiger partial charge in [0.15, 0.2) is 5.78 Å². The molecular formula is C23H18BrCl3F5NO2. The van der Waals surface area contributed by atoms with Gasteiger partial charge in [0.25, 0.3) is 6.43 Å². The van der Waals surface area contributed by atoms with Crippen LogP contribution in [0.3, 0.4) is 0 Å². The second kappa shape index (κ2) is 12.5. The molecule has 0 radical (unpaired) electrons. The Morgan fingerprint density at radius 2 is 1.69 bits per heavy atom. The van der Waals surface area contributed by atoms with Crippen molar-refractivity contribution in [3.8, 4) is 0 Å². The minimum absolute atomic E-state index is 0.0491. The van der Waals surface area contributed by atoms with Crippen LogP contribution >= 0.6 is 50.7 Å². The SMILES string of the molecule is CC(CC(=O)c1ccc(/C=C/C(c2cc(Cl)c(Cl)c(Cl)c2)C(F)(F)F)cc1Br)C(=O)NCC(F)F. The molecule has 0 aromatic heterocycles. The van der Waals surface area contributed by atoms with Gasteiger partial charge in [-0.1, -0.05) is 75.9 Å². The molecule has 2 aromatic carbocycles. The van der Waals surface area contributed by atoms with Crippen molar-refractivity contribution in [2.24, 2.45) is 5.92 Å². The van der Waals surface area contributed by atoms with E-state index < -0.39 is 42.7 Å². The van der Waals surface area contributed by atoms with Crippen LogP contribution in [0.25, 0.3) is 6.08 Å². The summed E-state index contributed by atoms with van der Waals surface area (Å²) >= 11 is 20.8. The molecule has 0 bridgehead atoms. The Hall–Kier alpha value is -1.68. The Morgan fingerprint density at radius 3 is 2.20 bits per heavy atom. The fourth-order valence-corrected chi connectivity index (χ4v) is 4.30. The van der Waals surface area contributed by atoms with Gasteiger partial charge in [-0.05, 0) is 35.4 Å². The fourth-order valence-electron chi connectivity index (χ4n) is 3.07. The summed E-state index contributed by atoms with van der Waals surface area (Å²) in [4.78, 5) is 24.4. The molecule has 0 saturated heterocycles. The standard InChI is InChI=1S/C23H18BrCl3F5NO2/c1-11(22(35)33-10-20(28)29)6-19(34)14-4-2-12(7-16(14)24)3-5-15(23(30,31)32)13-8-17(25)21(27)18(26)9-13/h2-5,7-9,11,15,20H,6,10H2,1H3,(H,33,35)/b5-3+. The lowest BCUT2D eigenvalue weighted by molar-refractivity contribution is -0.139. The minimum atomic E-state index is -4.65. The van der Waals surface area contributed by atoms with Crippen molar-refractivity contribution in [1.82, 2.24) is 5.32 Å². The van der Waals surface area contributed by atoms with Crippen LogP contribution in [0.1, 0.15) is 40.7 Å². The molecule has 3 nitrogen and oxygen atoms in total. The highest BCUT2D eigenvalue weighted by Gasteiger charge is 2.39. The number of Topliss-reactive ketones (excluding diaryl/α,β-unsaturated/α-hetero) is 1. The van der Waals surface area contributed by atoms with E-state index in [0.29, 0.717) is 10.0 Å². The molecule has 2 unspecified atom stereocenters. The first-order valence-electron chi connectivity index (χ1n) is 9.98. The number of hydrogen-bond acceptors (Lipinski definition) is 2. The van der Waals surface area contributed by atoms with Gasteiger partial charge in [0.1, 0.15) is 0 Å². The zero-order valence-corrected chi connectivity index (χ0v) is 21.8. The Balaban J connectivity index is 2.21. The summed E-state index contributed by atoms with van der Waals surface area (Å²) in [5.41, 5.74) is 0.356. The number of alkyl halides is 5. The number of rotatable bonds is 9. The Morgan fingerprint density at radius 1 is 1.09 bits per heavy atom. The highest BCUT2D eigenvalue weighted by Crippen LogP contribution is 2.41. The van der Waals surface area contributed by atoms with Gasteiger partial charge in [0.2, 0.25) is 5.91 Å². The van der Waals surface area contributed by atoms with Gasteiger partial charge in [-0.15, -0.1) is 0 Å². The zero-order valence-electron chi connectivity index (χ0n) is 17.9. The summed E-state index contributed by atoms with van der Waals surface area (Å²) in [7, 11) is 0. The maximum atomic E-state index is 13.7. The topological polar surface area (TPSA) is 46.2 Å². The van der Waals surface area contributed by atoms with E-state index in [2.05, 4.69) is 15.9 Å². The normalized spacial score (nSPS) is 13.8. The van der Waals surface area contributed by atoms with Crippen LogP contribution in [-0.2, 0) is 4.79 Å². The summed E-state index contributed by atoms with van der Waals surface area (Å²) in [6.07, 6.45) is -5.44. The number of carbonyl (C=O) groups is 2. The van der Waals surface area contributed by atoms with Gasteiger partial charge < -0.3 is 5.32 Å². The van der Waals surface area contributed by atoms with Crippen molar-refractivity contribution < 1.29 is 31.5 Å². The number of allylic oxidation sites excluding steroid dienone is 1.